The lowest BCUT2D eigenvalue weighted by Gasteiger charge is -2.17. The van der Waals surface area contributed by atoms with Crippen molar-refractivity contribution in [2.45, 2.75) is 30.5 Å². The summed E-state index contributed by atoms with van der Waals surface area (Å²) in [5.41, 5.74) is -1.02. The number of hydrogen-bond acceptors (Lipinski definition) is 5. The molecule has 118 valence electrons. The van der Waals surface area contributed by atoms with Crippen molar-refractivity contribution < 1.29 is 26.5 Å². The van der Waals surface area contributed by atoms with Crippen LogP contribution < -0.4 is 5.32 Å². The van der Waals surface area contributed by atoms with E-state index < -0.39 is 44.0 Å². The van der Waals surface area contributed by atoms with Gasteiger partial charge in [-0.05, 0) is 19.1 Å². The largest absolute Gasteiger partial charge is 0.391 e. The van der Waals surface area contributed by atoms with Crippen LogP contribution in [0.25, 0.3) is 0 Å². The number of nitrogens with one attached hydrogen (secondary N) is 1. The molecule has 0 aromatic heterocycles. The lowest BCUT2D eigenvalue weighted by Crippen LogP contribution is -2.24. The standard InChI is InChI=1S/C11H13F3N2O4S/c1-7(6-11(12,13)14)15-8-4-3-5-9(21(2,19)20)10(8)16(17)18/h3-5,7,15H,6H2,1-2H3. The number of rotatable bonds is 5. The molecule has 0 aliphatic carbocycles. The van der Waals surface area contributed by atoms with Gasteiger partial charge in [0.2, 0.25) is 0 Å². The molecule has 1 unspecified atom stereocenters. The molecule has 0 aliphatic rings. The van der Waals surface area contributed by atoms with Crippen molar-refractivity contribution in [3.8, 4) is 0 Å². The molecule has 1 aromatic rings. The van der Waals surface area contributed by atoms with Gasteiger partial charge in [-0.1, -0.05) is 6.07 Å². The third-order valence-corrected chi connectivity index (χ3v) is 3.65. The molecule has 0 aliphatic heterocycles. The van der Waals surface area contributed by atoms with Crippen LogP contribution in [0, 0.1) is 10.1 Å². The predicted molar refractivity (Wildman–Crippen MR) is 70.0 cm³/mol. The van der Waals surface area contributed by atoms with Crippen LogP contribution in [-0.2, 0) is 9.84 Å². The minimum Gasteiger partial charge on any atom is -0.377 e. The maximum Gasteiger partial charge on any atom is 0.391 e. The first-order valence-electron chi connectivity index (χ1n) is 5.72. The summed E-state index contributed by atoms with van der Waals surface area (Å²) in [6, 6.07) is 2.29. The molecule has 0 saturated carbocycles. The number of para-hydroxylation sites is 1. The smallest absolute Gasteiger partial charge is 0.377 e. The zero-order valence-electron chi connectivity index (χ0n) is 11.1. The minimum absolute atomic E-state index is 0.264. The van der Waals surface area contributed by atoms with E-state index in [-0.39, 0.29) is 5.69 Å². The number of anilines is 1. The zero-order valence-corrected chi connectivity index (χ0v) is 12.0. The fraction of sp³-hybridized carbons (Fsp3) is 0.455. The second-order valence-electron chi connectivity index (χ2n) is 4.55. The van der Waals surface area contributed by atoms with Gasteiger partial charge in [0.25, 0.3) is 0 Å². The average molecular weight is 326 g/mol. The van der Waals surface area contributed by atoms with Crippen LogP contribution in [0.2, 0.25) is 0 Å². The van der Waals surface area contributed by atoms with E-state index in [9.17, 15) is 31.7 Å². The van der Waals surface area contributed by atoms with E-state index in [0.29, 0.717) is 0 Å². The molecule has 1 N–H and O–H groups in total. The van der Waals surface area contributed by atoms with Gasteiger partial charge in [-0.25, -0.2) is 8.42 Å². The molecule has 0 amide bonds. The summed E-state index contributed by atoms with van der Waals surface area (Å²) in [5.74, 6) is 0. The van der Waals surface area contributed by atoms with E-state index >= 15 is 0 Å². The molecule has 6 nitrogen and oxygen atoms in total. The number of benzene rings is 1. The summed E-state index contributed by atoms with van der Waals surface area (Å²) < 4.78 is 59.8. The number of nitro benzene ring substituents is 1. The normalized spacial score (nSPS) is 13.8. The molecule has 1 rings (SSSR count). The van der Waals surface area contributed by atoms with Crippen molar-refractivity contribution in [3.05, 3.63) is 28.3 Å². The van der Waals surface area contributed by atoms with Gasteiger partial charge in [0.05, 0.1) is 11.3 Å². The summed E-state index contributed by atoms with van der Waals surface area (Å²) in [7, 11) is -3.88. The minimum atomic E-state index is -4.43. The third kappa shape index (κ3) is 4.88. The van der Waals surface area contributed by atoms with E-state index in [1.165, 1.54) is 19.1 Å². The molecule has 0 spiro atoms. The van der Waals surface area contributed by atoms with E-state index in [1.807, 2.05) is 0 Å². The van der Waals surface area contributed by atoms with E-state index in [0.717, 1.165) is 12.3 Å². The Bertz CT molecular complexity index is 643. The van der Waals surface area contributed by atoms with Crippen molar-refractivity contribution in [1.82, 2.24) is 0 Å². The Labute approximate surface area is 119 Å². The first kappa shape index (κ1) is 17.2. The lowest BCUT2D eigenvalue weighted by molar-refractivity contribution is -0.386. The number of halogens is 3. The Balaban J connectivity index is 3.23. The molecule has 0 saturated heterocycles. The van der Waals surface area contributed by atoms with Crippen molar-refractivity contribution >= 4 is 21.2 Å². The highest BCUT2D eigenvalue weighted by Gasteiger charge is 2.32. The average Bonchev–Trinajstić information content (AvgIpc) is 2.24. The van der Waals surface area contributed by atoms with Gasteiger partial charge < -0.3 is 5.32 Å². The molecule has 0 bridgehead atoms. The van der Waals surface area contributed by atoms with Crippen molar-refractivity contribution in [1.29, 1.82) is 0 Å². The van der Waals surface area contributed by atoms with Crippen LogP contribution in [0.3, 0.4) is 0 Å². The molecular weight excluding hydrogens is 313 g/mol. The molecule has 0 fully saturated rings. The number of alkyl halides is 3. The van der Waals surface area contributed by atoms with Crippen molar-refractivity contribution in [2.75, 3.05) is 11.6 Å². The number of sulfone groups is 1. The number of nitro groups is 1. The highest BCUT2D eigenvalue weighted by atomic mass is 32.2. The van der Waals surface area contributed by atoms with Gasteiger partial charge in [-0.3, -0.25) is 10.1 Å². The number of hydrogen-bond donors (Lipinski definition) is 1. The van der Waals surface area contributed by atoms with Crippen molar-refractivity contribution in [3.63, 3.8) is 0 Å². The van der Waals surface area contributed by atoms with Crippen LogP contribution in [0.4, 0.5) is 24.5 Å². The summed E-state index contributed by atoms with van der Waals surface area (Å²) >= 11 is 0. The fourth-order valence-electron chi connectivity index (χ4n) is 1.79. The Morgan fingerprint density at radius 1 is 1.38 bits per heavy atom. The van der Waals surface area contributed by atoms with E-state index in [1.54, 1.807) is 0 Å². The Hall–Kier alpha value is -1.84. The quantitative estimate of drug-likeness (QED) is 0.664. The van der Waals surface area contributed by atoms with Crippen LogP contribution >= 0.6 is 0 Å². The predicted octanol–water partition coefficient (Wildman–Crippen LogP) is 2.75. The summed E-state index contributed by atoms with van der Waals surface area (Å²) in [6.07, 6.45) is -4.85. The highest BCUT2D eigenvalue weighted by Crippen LogP contribution is 2.33. The topological polar surface area (TPSA) is 89.3 Å². The van der Waals surface area contributed by atoms with Crippen LogP contribution in [0.15, 0.2) is 23.1 Å². The second-order valence-corrected chi connectivity index (χ2v) is 6.53. The monoisotopic (exact) mass is 326 g/mol. The summed E-state index contributed by atoms with van der Waals surface area (Å²) in [4.78, 5) is 9.56. The highest BCUT2D eigenvalue weighted by molar-refractivity contribution is 7.90. The summed E-state index contributed by atoms with van der Waals surface area (Å²) in [5, 5.41) is 13.4. The van der Waals surface area contributed by atoms with E-state index in [2.05, 4.69) is 5.32 Å². The Morgan fingerprint density at radius 3 is 2.38 bits per heavy atom. The molecule has 0 radical (unpaired) electrons. The molecule has 21 heavy (non-hydrogen) atoms. The molecule has 10 heteroatoms. The first-order valence-corrected chi connectivity index (χ1v) is 7.61. The third-order valence-electron chi connectivity index (χ3n) is 2.52. The Kier molecular flexibility index (Phi) is 4.82. The van der Waals surface area contributed by atoms with Gasteiger partial charge in [-0.15, -0.1) is 0 Å². The van der Waals surface area contributed by atoms with Gasteiger partial charge in [0.15, 0.2) is 9.84 Å². The zero-order chi connectivity index (χ0) is 16.4. The van der Waals surface area contributed by atoms with Crippen LogP contribution in [0.1, 0.15) is 13.3 Å². The maximum atomic E-state index is 12.3. The van der Waals surface area contributed by atoms with Gasteiger partial charge in [-0.2, -0.15) is 13.2 Å². The second kappa shape index (κ2) is 5.88. The SMILES string of the molecule is CC(CC(F)(F)F)Nc1cccc(S(C)(=O)=O)c1[N+](=O)[O-]. The van der Waals surface area contributed by atoms with Crippen molar-refractivity contribution in [2.24, 2.45) is 0 Å². The summed E-state index contributed by atoms with van der Waals surface area (Å²) in [6.45, 7) is 1.20. The van der Waals surface area contributed by atoms with Gasteiger partial charge >= 0.3 is 11.9 Å². The molecule has 0 heterocycles. The lowest BCUT2D eigenvalue weighted by atomic mass is 10.2. The number of nitrogens with zero attached hydrogens (tertiary/aromatic N) is 1. The molecule has 1 aromatic carbocycles. The van der Waals surface area contributed by atoms with Gasteiger partial charge in [0, 0.05) is 12.3 Å². The molecule has 1 atom stereocenters. The fourth-order valence-corrected chi connectivity index (χ4v) is 2.65. The maximum absolute atomic E-state index is 12.3. The molecular formula is C11H13F3N2O4S. The first-order chi connectivity index (χ1) is 9.42. The van der Waals surface area contributed by atoms with E-state index in [4.69, 9.17) is 0 Å². The van der Waals surface area contributed by atoms with Crippen LogP contribution in [-0.4, -0.2) is 31.8 Å². The Morgan fingerprint density at radius 2 is 1.95 bits per heavy atom. The van der Waals surface area contributed by atoms with Gasteiger partial charge in [0.1, 0.15) is 10.6 Å². The van der Waals surface area contributed by atoms with Crippen LogP contribution in [0.5, 0.6) is 0 Å².